The number of nitrogens with one attached hydrogen (secondary N) is 1. The van der Waals surface area contributed by atoms with Crippen molar-refractivity contribution in [2.24, 2.45) is 0 Å². The van der Waals surface area contributed by atoms with Gasteiger partial charge < -0.3 is 10.2 Å². The average Bonchev–Trinajstić information content (AvgIpc) is 3.11. The molecule has 0 spiro atoms. The molecule has 2 aromatic rings. The molecule has 2 bridgehead atoms. The molecular weight excluding hydrogens is 366 g/mol. The topological polar surface area (TPSA) is 134 Å². The second-order valence-electron chi connectivity index (χ2n) is 5.78. The van der Waals surface area contributed by atoms with Gasteiger partial charge in [0.2, 0.25) is 0 Å². The Labute approximate surface area is 147 Å². The smallest absolute Gasteiger partial charge is 0.314 e. The SMILES string of the molecule is O=C1N2Cc3nn(C(=O)Nc4ccccc4)cc3C(C2)N1OS(=O)(=O)O. The van der Waals surface area contributed by atoms with Crippen LogP contribution in [0.5, 0.6) is 0 Å². The van der Waals surface area contributed by atoms with E-state index in [4.69, 9.17) is 4.55 Å². The third kappa shape index (κ3) is 2.89. The minimum Gasteiger partial charge on any atom is -0.314 e. The summed E-state index contributed by atoms with van der Waals surface area (Å²) in [4.78, 5) is 25.8. The highest BCUT2D eigenvalue weighted by Gasteiger charge is 2.47. The minimum absolute atomic E-state index is 0.0988. The van der Waals surface area contributed by atoms with Gasteiger partial charge >= 0.3 is 22.5 Å². The number of nitrogens with zero attached hydrogens (tertiary/aromatic N) is 4. The summed E-state index contributed by atoms with van der Waals surface area (Å²) >= 11 is 0. The zero-order valence-corrected chi connectivity index (χ0v) is 14.0. The van der Waals surface area contributed by atoms with Crippen molar-refractivity contribution in [2.45, 2.75) is 12.6 Å². The lowest BCUT2D eigenvalue weighted by atomic mass is 10.1. The molecule has 2 aliphatic rings. The molecule has 4 rings (SSSR count). The van der Waals surface area contributed by atoms with Crippen LogP contribution in [0.15, 0.2) is 36.5 Å². The van der Waals surface area contributed by atoms with Gasteiger partial charge in [0.05, 0.1) is 18.8 Å². The highest BCUT2D eigenvalue weighted by atomic mass is 32.3. The van der Waals surface area contributed by atoms with Crippen LogP contribution in [0.1, 0.15) is 17.3 Å². The molecule has 3 heterocycles. The lowest BCUT2D eigenvalue weighted by Gasteiger charge is -2.20. The molecule has 0 radical (unpaired) electrons. The molecule has 3 amide bonds. The first kappa shape index (κ1) is 16.5. The van der Waals surface area contributed by atoms with E-state index < -0.39 is 28.5 Å². The van der Waals surface area contributed by atoms with Crippen LogP contribution in [0.3, 0.4) is 0 Å². The average molecular weight is 379 g/mol. The standard InChI is InChI=1S/C14H13N5O6S/c20-13(15-9-4-2-1-3-5-9)18-6-10-11(16-18)7-17-8-12(10)19(14(17)21)25-26(22,23)24/h1-6,12H,7-8H2,(H,15,20)(H,22,23,24). The number of urea groups is 1. The first-order valence-electron chi connectivity index (χ1n) is 7.52. The second-order valence-corrected chi connectivity index (χ2v) is 6.78. The molecule has 12 heteroatoms. The third-order valence-electron chi connectivity index (χ3n) is 4.07. The molecular formula is C14H13N5O6S. The van der Waals surface area contributed by atoms with Gasteiger partial charge in [-0.25, -0.2) is 9.59 Å². The molecule has 26 heavy (non-hydrogen) atoms. The minimum atomic E-state index is -4.86. The fourth-order valence-electron chi connectivity index (χ4n) is 2.99. The number of hydrogen-bond donors (Lipinski definition) is 2. The fourth-order valence-corrected chi connectivity index (χ4v) is 3.36. The van der Waals surface area contributed by atoms with Crippen molar-refractivity contribution in [3.05, 3.63) is 47.8 Å². The second kappa shape index (κ2) is 5.79. The van der Waals surface area contributed by atoms with Crippen molar-refractivity contribution in [3.8, 4) is 0 Å². The molecule has 1 saturated heterocycles. The Hall–Kier alpha value is -2.96. The van der Waals surface area contributed by atoms with Crippen LogP contribution in [0.4, 0.5) is 15.3 Å². The van der Waals surface area contributed by atoms with Gasteiger partial charge in [-0.1, -0.05) is 18.2 Å². The molecule has 136 valence electrons. The first-order chi connectivity index (χ1) is 12.3. The van der Waals surface area contributed by atoms with Crippen LogP contribution in [0.2, 0.25) is 0 Å². The molecule has 2 aliphatic heterocycles. The Morgan fingerprint density at radius 3 is 2.73 bits per heavy atom. The molecule has 1 unspecified atom stereocenters. The fraction of sp³-hybridized carbons (Fsp3) is 0.214. The number of rotatable bonds is 3. The van der Waals surface area contributed by atoms with Crippen LogP contribution in [0.25, 0.3) is 0 Å². The zero-order valence-electron chi connectivity index (χ0n) is 13.1. The van der Waals surface area contributed by atoms with E-state index in [0.29, 0.717) is 22.0 Å². The number of fused-ring (bicyclic) bond motifs is 4. The predicted octanol–water partition coefficient (Wildman–Crippen LogP) is 0.990. The van der Waals surface area contributed by atoms with Gasteiger partial charge in [-0.3, -0.25) is 4.55 Å². The summed E-state index contributed by atoms with van der Waals surface area (Å²) < 4.78 is 36.3. The van der Waals surface area contributed by atoms with Crippen LogP contribution in [-0.4, -0.2) is 51.3 Å². The highest BCUT2D eigenvalue weighted by molar-refractivity contribution is 7.80. The summed E-state index contributed by atoms with van der Waals surface area (Å²) in [6, 6.07) is 6.78. The van der Waals surface area contributed by atoms with Gasteiger partial charge in [-0.05, 0) is 12.1 Å². The molecule has 1 aromatic carbocycles. The Morgan fingerprint density at radius 2 is 2.04 bits per heavy atom. The van der Waals surface area contributed by atoms with E-state index in [0.717, 1.165) is 4.68 Å². The number of aromatic nitrogens is 2. The Bertz CT molecular complexity index is 989. The maximum absolute atomic E-state index is 12.3. The number of hydrogen-bond acceptors (Lipinski definition) is 6. The normalized spacial score (nSPS) is 18.8. The Kier molecular flexibility index (Phi) is 3.68. The van der Waals surface area contributed by atoms with E-state index >= 15 is 0 Å². The zero-order chi connectivity index (χ0) is 18.5. The summed E-state index contributed by atoms with van der Waals surface area (Å²) in [6.45, 7) is 0.259. The van der Waals surface area contributed by atoms with E-state index in [1.165, 1.54) is 11.1 Å². The van der Waals surface area contributed by atoms with Gasteiger partial charge in [0.1, 0.15) is 6.04 Å². The Morgan fingerprint density at radius 1 is 1.31 bits per heavy atom. The number of carbonyl (C=O) groups excluding carboxylic acids is 2. The van der Waals surface area contributed by atoms with Crippen molar-refractivity contribution in [1.29, 1.82) is 0 Å². The number of anilines is 1. The van der Waals surface area contributed by atoms with E-state index in [2.05, 4.69) is 14.7 Å². The van der Waals surface area contributed by atoms with Crippen LogP contribution >= 0.6 is 0 Å². The predicted molar refractivity (Wildman–Crippen MR) is 86.1 cm³/mol. The molecule has 0 aliphatic carbocycles. The number of para-hydroxylation sites is 1. The summed E-state index contributed by atoms with van der Waals surface area (Å²) in [5, 5.41) is 7.41. The van der Waals surface area contributed by atoms with E-state index in [-0.39, 0.29) is 13.1 Å². The van der Waals surface area contributed by atoms with Crippen molar-refractivity contribution in [2.75, 3.05) is 11.9 Å². The van der Waals surface area contributed by atoms with Crippen molar-refractivity contribution >= 4 is 28.1 Å². The van der Waals surface area contributed by atoms with E-state index in [1.807, 2.05) is 6.07 Å². The third-order valence-corrected chi connectivity index (χ3v) is 4.41. The lowest BCUT2D eigenvalue weighted by molar-refractivity contribution is -0.0316. The molecule has 1 aromatic heterocycles. The summed E-state index contributed by atoms with van der Waals surface area (Å²) in [7, 11) is -4.86. The molecule has 1 fully saturated rings. The van der Waals surface area contributed by atoms with Gasteiger partial charge in [0, 0.05) is 17.4 Å². The molecule has 1 atom stereocenters. The maximum Gasteiger partial charge on any atom is 0.418 e. The molecule has 11 nitrogen and oxygen atoms in total. The number of benzene rings is 1. The van der Waals surface area contributed by atoms with E-state index in [1.54, 1.807) is 24.3 Å². The first-order valence-corrected chi connectivity index (χ1v) is 8.88. The molecule has 0 saturated carbocycles. The van der Waals surface area contributed by atoms with Gasteiger partial charge in [-0.2, -0.15) is 23.3 Å². The highest BCUT2D eigenvalue weighted by Crippen LogP contribution is 2.37. The monoisotopic (exact) mass is 379 g/mol. The number of hydroxylamine groups is 2. The van der Waals surface area contributed by atoms with Crippen molar-refractivity contribution < 1.29 is 26.8 Å². The van der Waals surface area contributed by atoms with Crippen molar-refractivity contribution in [3.63, 3.8) is 0 Å². The number of amides is 3. The maximum atomic E-state index is 12.3. The summed E-state index contributed by atoms with van der Waals surface area (Å²) in [5.41, 5.74) is 1.50. The van der Waals surface area contributed by atoms with Crippen molar-refractivity contribution in [1.82, 2.24) is 19.7 Å². The Balaban J connectivity index is 1.61. The summed E-state index contributed by atoms with van der Waals surface area (Å²) in [6.07, 6.45) is 1.41. The molecule has 2 N–H and O–H groups in total. The largest absolute Gasteiger partial charge is 0.418 e. The quantitative estimate of drug-likeness (QED) is 0.760. The van der Waals surface area contributed by atoms with Gasteiger partial charge in [-0.15, -0.1) is 4.28 Å². The van der Waals surface area contributed by atoms with Gasteiger partial charge in [0.25, 0.3) is 0 Å². The van der Waals surface area contributed by atoms with Crippen LogP contribution < -0.4 is 5.32 Å². The van der Waals surface area contributed by atoms with Gasteiger partial charge in [0.15, 0.2) is 0 Å². The van der Waals surface area contributed by atoms with E-state index in [9.17, 15) is 18.0 Å². The number of carbonyl (C=O) groups is 2. The lowest BCUT2D eigenvalue weighted by Crippen LogP contribution is -2.32. The van der Waals surface area contributed by atoms with Crippen LogP contribution in [-0.2, 0) is 21.2 Å². The van der Waals surface area contributed by atoms with Crippen LogP contribution in [0, 0.1) is 0 Å². The summed E-state index contributed by atoms with van der Waals surface area (Å²) in [5.74, 6) is 0.